The molecule has 0 spiro atoms. The second-order valence-corrected chi connectivity index (χ2v) is 5.74. The summed E-state index contributed by atoms with van der Waals surface area (Å²) in [4.78, 5) is 2.16. The molecular weight excluding hydrogens is 281 g/mol. The van der Waals surface area contributed by atoms with Crippen molar-refractivity contribution in [1.82, 2.24) is 5.32 Å². The van der Waals surface area contributed by atoms with Gasteiger partial charge >= 0.3 is 6.36 Å². The lowest BCUT2D eigenvalue weighted by Gasteiger charge is -2.27. The smallest absolute Gasteiger partial charge is 0.406 e. The fraction of sp³-hybridized carbons (Fsp3) is 0.600. The fourth-order valence-electron chi connectivity index (χ4n) is 2.88. The van der Waals surface area contributed by atoms with Gasteiger partial charge in [0, 0.05) is 30.9 Å². The zero-order valence-electron chi connectivity index (χ0n) is 11.7. The lowest BCUT2D eigenvalue weighted by molar-refractivity contribution is -0.274. The van der Waals surface area contributed by atoms with Crippen molar-refractivity contribution in [2.45, 2.75) is 31.7 Å². The number of rotatable bonds is 3. The number of alkyl halides is 3. The monoisotopic (exact) mass is 300 g/mol. The van der Waals surface area contributed by atoms with Crippen molar-refractivity contribution in [3.05, 3.63) is 24.3 Å². The van der Waals surface area contributed by atoms with Crippen LogP contribution in [0.15, 0.2) is 24.3 Å². The summed E-state index contributed by atoms with van der Waals surface area (Å²) in [5.74, 6) is 0.570. The topological polar surface area (TPSA) is 24.5 Å². The number of benzene rings is 1. The number of hydrogen-bond acceptors (Lipinski definition) is 3. The first-order valence-corrected chi connectivity index (χ1v) is 7.35. The molecule has 1 heterocycles. The molecular formula is C15H19F3N2O. The van der Waals surface area contributed by atoms with Gasteiger partial charge in [0.2, 0.25) is 0 Å². The molecule has 1 atom stereocenters. The molecule has 1 aliphatic heterocycles. The van der Waals surface area contributed by atoms with Crippen molar-refractivity contribution in [1.29, 1.82) is 0 Å². The highest BCUT2D eigenvalue weighted by Gasteiger charge is 2.34. The van der Waals surface area contributed by atoms with E-state index in [1.807, 2.05) is 6.07 Å². The highest BCUT2D eigenvalue weighted by atomic mass is 19.4. The van der Waals surface area contributed by atoms with E-state index in [4.69, 9.17) is 0 Å². The van der Waals surface area contributed by atoms with Gasteiger partial charge in [0.1, 0.15) is 5.75 Å². The molecule has 3 rings (SSSR count). The summed E-state index contributed by atoms with van der Waals surface area (Å²) in [6.45, 7) is 2.67. The molecule has 0 amide bonds. The second-order valence-electron chi connectivity index (χ2n) is 5.74. The Balaban J connectivity index is 1.73. The van der Waals surface area contributed by atoms with Gasteiger partial charge in [-0.15, -0.1) is 13.2 Å². The molecule has 1 aromatic rings. The molecule has 2 fully saturated rings. The first-order chi connectivity index (χ1) is 10.0. The van der Waals surface area contributed by atoms with Crippen LogP contribution in [0.3, 0.4) is 0 Å². The summed E-state index contributed by atoms with van der Waals surface area (Å²) >= 11 is 0. The van der Waals surface area contributed by atoms with Crippen LogP contribution in [-0.4, -0.2) is 32.0 Å². The molecule has 116 valence electrons. The fourth-order valence-corrected chi connectivity index (χ4v) is 2.88. The minimum absolute atomic E-state index is 0.153. The van der Waals surface area contributed by atoms with E-state index in [0.717, 1.165) is 37.7 Å². The van der Waals surface area contributed by atoms with Crippen LogP contribution in [-0.2, 0) is 0 Å². The van der Waals surface area contributed by atoms with Gasteiger partial charge in [-0.2, -0.15) is 0 Å². The molecule has 1 aromatic carbocycles. The van der Waals surface area contributed by atoms with Gasteiger partial charge in [-0.25, -0.2) is 0 Å². The SMILES string of the molecule is FC(F)(F)Oc1cccc(N2CCCNC(C3CC3)C2)c1. The summed E-state index contributed by atoms with van der Waals surface area (Å²) in [5, 5.41) is 3.54. The molecule has 3 nitrogen and oxygen atoms in total. The third kappa shape index (κ3) is 4.03. The highest BCUT2D eigenvalue weighted by Crippen LogP contribution is 2.35. The number of ether oxygens (including phenoxy) is 1. The Labute approximate surface area is 122 Å². The van der Waals surface area contributed by atoms with Crippen molar-refractivity contribution in [3.8, 4) is 5.75 Å². The minimum Gasteiger partial charge on any atom is -0.406 e. The molecule has 21 heavy (non-hydrogen) atoms. The van der Waals surface area contributed by atoms with E-state index in [1.54, 1.807) is 6.07 Å². The highest BCUT2D eigenvalue weighted by molar-refractivity contribution is 5.51. The van der Waals surface area contributed by atoms with Gasteiger partial charge in [0.15, 0.2) is 0 Å². The largest absolute Gasteiger partial charge is 0.573 e. The van der Waals surface area contributed by atoms with Gasteiger partial charge in [0.05, 0.1) is 0 Å². The van der Waals surface area contributed by atoms with E-state index in [0.29, 0.717) is 6.04 Å². The maximum atomic E-state index is 12.3. The van der Waals surface area contributed by atoms with Crippen LogP contribution >= 0.6 is 0 Å². The van der Waals surface area contributed by atoms with E-state index in [-0.39, 0.29) is 5.75 Å². The lowest BCUT2D eigenvalue weighted by atomic mass is 10.1. The van der Waals surface area contributed by atoms with Crippen LogP contribution in [0.4, 0.5) is 18.9 Å². The summed E-state index contributed by atoms with van der Waals surface area (Å²) in [6, 6.07) is 6.72. The first kappa shape index (κ1) is 14.5. The Bertz CT molecular complexity index is 488. The van der Waals surface area contributed by atoms with Crippen LogP contribution in [0, 0.1) is 5.92 Å². The molecule has 6 heteroatoms. The number of halogens is 3. The van der Waals surface area contributed by atoms with Crippen LogP contribution in [0.5, 0.6) is 5.75 Å². The van der Waals surface area contributed by atoms with Crippen LogP contribution < -0.4 is 15.0 Å². The summed E-state index contributed by atoms with van der Waals surface area (Å²) < 4.78 is 40.9. The van der Waals surface area contributed by atoms with Crippen molar-refractivity contribution >= 4 is 5.69 Å². The first-order valence-electron chi connectivity index (χ1n) is 7.35. The molecule has 1 aliphatic carbocycles. The number of nitrogens with one attached hydrogen (secondary N) is 1. The van der Waals surface area contributed by atoms with E-state index in [9.17, 15) is 13.2 Å². The van der Waals surface area contributed by atoms with E-state index >= 15 is 0 Å². The zero-order chi connectivity index (χ0) is 14.9. The Kier molecular flexibility index (Phi) is 3.97. The van der Waals surface area contributed by atoms with Crippen LogP contribution in [0.1, 0.15) is 19.3 Å². The van der Waals surface area contributed by atoms with Crippen LogP contribution in [0.2, 0.25) is 0 Å². The summed E-state index contributed by atoms with van der Waals surface area (Å²) in [7, 11) is 0. The molecule has 1 unspecified atom stereocenters. The van der Waals surface area contributed by atoms with E-state index in [1.165, 1.54) is 25.0 Å². The van der Waals surface area contributed by atoms with Gasteiger partial charge in [0.25, 0.3) is 0 Å². The molecule has 1 saturated carbocycles. The average Bonchev–Trinajstić information content (AvgIpc) is 3.23. The minimum atomic E-state index is -4.64. The Morgan fingerprint density at radius 3 is 2.76 bits per heavy atom. The number of hydrogen-bond donors (Lipinski definition) is 1. The van der Waals surface area contributed by atoms with Crippen LogP contribution in [0.25, 0.3) is 0 Å². The van der Waals surface area contributed by atoms with Crippen molar-refractivity contribution in [2.75, 3.05) is 24.5 Å². The summed E-state index contributed by atoms with van der Waals surface area (Å²) in [6.07, 6.45) is -1.14. The van der Waals surface area contributed by atoms with E-state index in [2.05, 4.69) is 15.0 Å². The second kappa shape index (κ2) is 5.75. The normalized spacial score (nSPS) is 23.8. The summed E-state index contributed by atoms with van der Waals surface area (Å²) in [5.41, 5.74) is 0.797. The van der Waals surface area contributed by atoms with Crippen molar-refractivity contribution in [2.24, 2.45) is 5.92 Å². The zero-order valence-corrected chi connectivity index (χ0v) is 11.7. The van der Waals surface area contributed by atoms with Gasteiger partial charge in [-0.3, -0.25) is 0 Å². The molecule has 1 saturated heterocycles. The lowest BCUT2D eigenvalue weighted by Crippen LogP contribution is -2.39. The molecule has 1 N–H and O–H groups in total. The Morgan fingerprint density at radius 2 is 2.05 bits per heavy atom. The molecule has 0 aromatic heterocycles. The van der Waals surface area contributed by atoms with Crippen molar-refractivity contribution in [3.63, 3.8) is 0 Å². The predicted molar refractivity (Wildman–Crippen MR) is 74.5 cm³/mol. The maximum Gasteiger partial charge on any atom is 0.573 e. The number of nitrogens with zero attached hydrogens (tertiary/aromatic N) is 1. The quantitative estimate of drug-likeness (QED) is 0.928. The maximum absolute atomic E-state index is 12.3. The molecule has 0 radical (unpaired) electrons. The van der Waals surface area contributed by atoms with Crippen molar-refractivity contribution < 1.29 is 17.9 Å². The molecule has 0 bridgehead atoms. The van der Waals surface area contributed by atoms with E-state index < -0.39 is 6.36 Å². The van der Waals surface area contributed by atoms with Gasteiger partial charge in [-0.1, -0.05) is 6.07 Å². The average molecular weight is 300 g/mol. The number of anilines is 1. The van der Waals surface area contributed by atoms with Gasteiger partial charge < -0.3 is 15.0 Å². The Morgan fingerprint density at radius 1 is 1.24 bits per heavy atom. The Hall–Kier alpha value is -1.43. The van der Waals surface area contributed by atoms with Gasteiger partial charge in [-0.05, 0) is 43.9 Å². The third-order valence-electron chi connectivity index (χ3n) is 4.04. The predicted octanol–water partition coefficient (Wildman–Crippen LogP) is 3.16. The third-order valence-corrected chi connectivity index (χ3v) is 4.04. The standard InChI is InChI=1S/C15H19F3N2O/c16-15(17,18)21-13-4-1-3-12(9-13)20-8-2-7-19-14(10-20)11-5-6-11/h1,3-4,9,11,14,19H,2,5-8,10H2. The molecule has 2 aliphatic rings.